The second-order valence-corrected chi connectivity index (χ2v) is 12.3. The molecule has 8 atom stereocenters. The van der Waals surface area contributed by atoms with Crippen molar-refractivity contribution in [2.75, 3.05) is 0 Å². The summed E-state index contributed by atoms with van der Waals surface area (Å²) in [6.07, 6.45) is 0.904. The molecule has 35 heavy (non-hydrogen) atoms. The van der Waals surface area contributed by atoms with E-state index < -0.39 is 46.3 Å². The van der Waals surface area contributed by atoms with Gasteiger partial charge in [0.15, 0.2) is 0 Å². The largest absolute Gasteiger partial charge is 0.389 e. The number of fused-ring (bicyclic) bond motifs is 3. The van der Waals surface area contributed by atoms with Gasteiger partial charge in [-0.3, -0.25) is 9.59 Å². The van der Waals surface area contributed by atoms with Gasteiger partial charge in [0.05, 0.1) is 34.2 Å². The predicted octanol–water partition coefficient (Wildman–Crippen LogP) is 3.45. The number of allylic oxidation sites excluding steroid dienone is 1. The number of hydrogen-bond donors (Lipinski definition) is 4. The molecule has 1 spiro atoms. The molecule has 4 N–H and O–H groups in total. The fourth-order valence-electron chi connectivity index (χ4n) is 7.49. The number of rotatable bonds is 4. The van der Waals surface area contributed by atoms with Crippen LogP contribution in [0.15, 0.2) is 42.0 Å². The molecule has 6 nitrogen and oxygen atoms in total. The van der Waals surface area contributed by atoms with Crippen LogP contribution in [0.3, 0.4) is 0 Å². The van der Waals surface area contributed by atoms with Gasteiger partial charge < -0.3 is 20.6 Å². The Labute approximate surface area is 221 Å². The Morgan fingerprint density at radius 1 is 1.34 bits per heavy atom. The first kappa shape index (κ1) is 25.3. The molecule has 3 fully saturated rings. The standard InChI is InChI=1S/C26H28ClFINO5/c1-12-9-25-11-26(12,35)6-5-15(25)14-8-18(31)21(32)24(2,23(29)34)19(14)20(25)22(33)30-10-13-3-4-17(28)16(27)7-13/h3-4,7-8,15,18-21,31-32,35H,1,5-6,9-11H2,2H3,(H,30,33)/t15-,18+,19?,20+,21-,24-,25-,26-/m0/s1. The van der Waals surface area contributed by atoms with E-state index in [4.69, 9.17) is 11.6 Å². The van der Waals surface area contributed by atoms with E-state index in [1.807, 2.05) is 0 Å². The number of hydrogen-bond acceptors (Lipinski definition) is 5. The molecule has 5 rings (SSSR count). The highest BCUT2D eigenvalue weighted by Gasteiger charge is 2.73. The van der Waals surface area contributed by atoms with Crippen LogP contribution in [-0.2, 0) is 16.1 Å². The summed E-state index contributed by atoms with van der Waals surface area (Å²) in [7, 11) is 0. The van der Waals surface area contributed by atoms with Crippen molar-refractivity contribution in [2.45, 2.75) is 57.0 Å². The molecule has 0 aromatic heterocycles. The van der Waals surface area contributed by atoms with Crippen molar-refractivity contribution in [1.29, 1.82) is 0 Å². The Bertz CT molecular complexity index is 1170. The summed E-state index contributed by atoms with van der Waals surface area (Å²) in [6.45, 7) is 5.86. The molecule has 1 aromatic rings. The molecule has 2 bridgehead atoms. The van der Waals surface area contributed by atoms with Crippen molar-refractivity contribution in [3.63, 3.8) is 0 Å². The zero-order valence-electron chi connectivity index (χ0n) is 19.2. The molecule has 0 saturated heterocycles. The Morgan fingerprint density at radius 2 is 2.06 bits per heavy atom. The van der Waals surface area contributed by atoms with Crippen LogP contribution in [0, 0.1) is 34.4 Å². The van der Waals surface area contributed by atoms with E-state index in [1.165, 1.54) is 12.1 Å². The van der Waals surface area contributed by atoms with E-state index in [0.717, 1.165) is 5.57 Å². The van der Waals surface area contributed by atoms with Crippen LogP contribution >= 0.6 is 34.2 Å². The molecular weight excluding hydrogens is 588 g/mol. The van der Waals surface area contributed by atoms with Crippen molar-refractivity contribution in [1.82, 2.24) is 5.32 Å². The maximum Gasteiger partial charge on any atom is 0.224 e. The number of amides is 1. The van der Waals surface area contributed by atoms with E-state index in [0.29, 0.717) is 36.8 Å². The van der Waals surface area contributed by atoms with Gasteiger partial charge in [0.2, 0.25) is 9.70 Å². The third-order valence-electron chi connectivity index (χ3n) is 9.18. The van der Waals surface area contributed by atoms with Crippen LogP contribution < -0.4 is 5.32 Å². The van der Waals surface area contributed by atoms with Crippen LogP contribution in [0.1, 0.15) is 38.2 Å². The topological polar surface area (TPSA) is 107 Å². The van der Waals surface area contributed by atoms with Gasteiger partial charge in [-0.2, -0.15) is 0 Å². The average Bonchev–Trinajstić information content (AvgIpc) is 3.18. The Hall–Kier alpha value is -1.33. The number of carbonyl (C=O) groups excluding carboxylic acids is 2. The van der Waals surface area contributed by atoms with Crippen LogP contribution in [0.2, 0.25) is 5.02 Å². The summed E-state index contributed by atoms with van der Waals surface area (Å²) in [5, 5.41) is 35.9. The SMILES string of the molecule is C=C1C[C@]23C[C@@]1(O)CC[C@H]2C1=C[C@@H](O)[C@H](O)[C@@](C)(C(=O)I)C1[C@@H]3C(=O)NCc1ccc(F)c(Cl)c1. The number of carbonyl (C=O) groups is 2. The Kier molecular flexibility index (Phi) is 6.04. The lowest BCUT2D eigenvalue weighted by Crippen LogP contribution is -2.56. The molecule has 3 saturated carbocycles. The molecule has 1 aromatic carbocycles. The first-order valence-corrected chi connectivity index (χ1v) is 13.2. The molecule has 188 valence electrons. The summed E-state index contributed by atoms with van der Waals surface area (Å²) >= 11 is 7.55. The summed E-state index contributed by atoms with van der Waals surface area (Å²) in [5.41, 5.74) is -1.02. The maximum atomic E-state index is 14.0. The molecule has 0 heterocycles. The third-order valence-corrected chi connectivity index (χ3v) is 10.6. The highest BCUT2D eigenvalue weighted by atomic mass is 127. The lowest BCUT2D eigenvalue weighted by molar-refractivity contribution is -0.145. The van der Waals surface area contributed by atoms with Crippen LogP contribution in [0.25, 0.3) is 0 Å². The second-order valence-electron chi connectivity index (χ2n) is 10.9. The normalized spacial score (nSPS) is 41.7. The molecule has 9 heteroatoms. The van der Waals surface area contributed by atoms with E-state index in [-0.39, 0.29) is 27.2 Å². The average molecular weight is 616 g/mol. The second kappa shape index (κ2) is 8.34. The Morgan fingerprint density at radius 3 is 2.71 bits per heavy atom. The van der Waals surface area contributed by atoms with Gasteiger partial charge in [-0.1, -0.05) is 35.9 Å². The summed E-state index contributed by atoms with van der Waals surface area (Å²) in [5.74, 6) is -2.35. The summed E-state index contributed by atoms with van der Waals surface area (Å²) in [6, 6.07) is 4.23. The van der Waals surface area contributed by atoms with Crippen molar-refractivity contribution < 1.29 is 29.3 Å². The lowest BCUT2D eigenvalue weighted by atomic mass is 9.60. The minimum absolute atomic E-state index is 0.0431. The fraction of sp³-hybridized carbons (Fsp3) is 0.538. The van der Waals surface area contributed by atoms with Gasteiger partial charge in [-0.05, 0) is 67.2 Å². The highest BCUT2D eigenvalue weighted by molar-refractivity contribution is 14.1. The minimum atomic E-state index is -1.39. The summed E-state index contributed by atoms with van der Waals surface area (Å²) < 4.78 is 13.3. The van der Waals surface area contributed by atoms with Crippen LogP contribution in [0.4, 0.5) is 4.39 Å². The smallest absolute Gasteiger partial charge is 0.224 e. The molecule has 4 aliphatic rings. The number of aliphatic hydroxyl groups excluding tert-OH is 2. The van der Waals surface area contributed by atoms with Crippen LogP contribution in [0.5, 0.6) is 0 Å². The number of aliphatic hydroxyl groups is 3. The van der Waals surface area contributed by atoms with Gasteiger partial charge in [0.1, 0.15) is 5.82 Å². The molecule has 0 aliphatic heterocycles. The van der Waals surface area contributed by atoms with Crippen molar-refractivity contribution >= 4 is 43.9 Å². The molecule has 0 radical (unpaired) electrons. The molecular formula is C26H28ClFINO5. The fourth-order valence-corrected chi connectivity index (χ4v) is 8.35. The van der Waals surface area contributed by atoms with E-state index in [1.54, 1.807) is 41.7 Å². The first-order chi connectivity index (χ1) is 16.3. The van der Waals surface area contributed by atoms with Gasteiger partial charge in [0.25, 0.3) is 0 Å². The zero-order chi connectivity index (χ0) is 25.5. The van der Waals surface area contributed by atoms with Gasteiger partial charge in [0, 0.05) is 35.1 Å². The van der Waals surface area contributed by atoms with Crippen molar-refractivity contribution in [2.24, 2.45) is 28.6 Å². The monoisotopic (exact) mass is 615 g/mol. The highest BCUT2D eigenvalue weighted by Crippen LogP contribution is 2.73. The Balaban J connectivity index is 1.59. The van der Waals surface area contributed by atoms with Crippen molar-refractivity contribution in [3.8, 4) is 0 Å². The molecule has 1 unspecified atom stereocenters. The minimum Gasteiger partial charge on any atom is -0.389 e. The predicted molar refractivity (Wildman–Crippen MR) is 136 cm³/mol. The maximum absolute atomic E-state index is 14.0. The third kappa shape index (κ3) is 3.50. The van der Waals surface area contributed by atoms with Gasteiger partial charge >= 0.3 is 0 Å². The zero-order valence-corrected chi connectivity index (χ0v) is 22.1. The van der Waals surface area contributed by atoms with Crippen LogP contribution in [-0.4, -0.2) is 42.8 Å². The van der Waals surface area contributed by atoms with E-state index in [2.05, 4.69) is 11.9 Å². The van der Waals surface area contributed by atoms with Crippen molar-refractivity contribution in [3.05, 3.63) is 58.4 Å². The molecule has 4 aliphatic carbocycles. The number of nitrogens with one attached hydrogen (secondary N) is 1. The van der Waals surface area contributed by atoms with Gasteiger partial charge in [-0.25, -0.2) is 4.39 Å². The van der Waals surface area contributed by atoms with E-state index in [9.17, 15) is 29.3 Å². The van der Waals surface area contributed by atoms with E-state index >= 15 is 0 Å². The quantitative estimate of drug-likeness (QED) is 0.236. The number of halogens is 3. The lowest BCUT2D eigenvalue weighted by Gasteiger charge is -2.45. The summed E-state index contributed by atoms with van der Waals surface area (Å²) in [4.78, 5) is 27.0. The number of benzene rings is 1. The molecule has 1 amide bonds. The first-order valence-electron chi connectivity index (χ1n) is 11.7. The van der Waals surface area contributed by atoms with Gasteiger partial charge in [-0.15, -0.1) is 0 Å².